The molecule has 2 atom stereocenters. The third-order valence-electron chi connectivity index (χ3n) is 5.56. The molecule has 34 heavy (non-hydrogen) atoms. The molecule has 1 heterocycles. The average Bonchev–Trinajstić information content (AvgIpc) is 3.28. The van der Waals surface area contributed by atoms with Crippen LogP contribution in [0.5, 0.6) is 0 Å². The first-order valence-corrected chi connectivity index (χ1v) is 11.7. The third kappa shape index (κ3) is 7.37. The van der Waals surface area contributed by atoms with E-state index in [0.29, 0.717) is 37.7 Å². The number of halogens is 2. The fourth-order valence-electron chi connectivity index (χ4n) is 3.96. The summed E-state index contributed by atoms with van der Waals surface area (Å²) in [4.78, 5) is 7.80. The van der Waals surface area contributed by atoms with Gasteiger partial charge in [0, 0.05) is 31.1 Å². The molecule has 0 aromatic heterocycles. The summed E-state index contributed by atoms with van der Waals surface area (Å²) in [6.07, 6.45) is -0.225. The number of ether oxygens (including phenoxy) is 1. The maximum atomic E-state index is 13.2. The zero-order valence-corrected chi connectivity index (χ0v) is 19.6. The minimum Gasteiger partial charge on any atom is -0.390 e. The van der Waals surface area contributed by atoms with E-state index in [-0.39, 0.29) is 18.5 Å². The number of nitrogens with zero attached hydrogens (tertiary/aromatic N) is 2. The Kier molecular flexibility index (Phi) is 8.66. The van der Waals surface area contributed by atoms with E-state index in [1.807, 2.05) is 54.6 Å². The van der Waals surface area contributed by atoms with Crippen molar-refractivity contribution in [2.24, 2.45) is 5.16 Å². The molecule has 0 bridgehead atoms. The molecule has 0 aliphatic carbocycles. The summed E-state index contributed by atoms with van der Waals surface area (Å²) in [6.45, 7) is 2.25. The zero-order valence-electron chi connectivity index (χ0n) is 18.8. The molecule has 0 amide bonds. The molecule has 3 aromatic carbocycles. The first kappa shape index (κ1) is 24.4. The molecule has 1 aliphatic heterocycles. The number of benzene rings is 3. The van der Waals surface area contributed by atoms with E-state index in [0.717, 1.165) is 22.4 Å². The molecule has 0 saturated carbocycles. The van der Waals surface area contributed by atoms with E-state index in [4.69, 9.17) is 21.2 Å². The van der Waals surface area contributed by atoms with Crippen LogP contribution in [0.1, 0.15) is 23.1 Å². The summed E-state index contributed by atoms with van der Waals surface area (Å²) >= 11 is 6.17. The quantitative estimate of drug-likeness (QED) is 0.415. The predicted octanol–water partition coefficient (Wildman–Crippen LogP) is 5.05. The Morgan fingerprint density at radius 1 is 1.06 bits per heavy atom. The topological polar surface area (TPSA) is 54.3 Å². The van der Waals surface area contributed by atoms with E-state index in [1.165, 1.54) is 12.1 Å². The molecule has 0 spiro atoms. The fraction of sp³-hybridized carbons (Fsp3) is 0.296. The molecule has 4 rings (SSSR count). The minimum absolute atomic E-state index is 0.170. The highest BCUT2D eigenvalue weighted by Crippen LogP contribution is 2.20. The highest BCUT2D eigenvalue weighted by atomic mass is 35.5. The number of aliphatic hydroxyl groups is 1. The molecule has 178 valence electrons. The van der Waals surface area contributed by atoms with Crippen LogP contribution in [0.2, 0.25) is 5.02 Å². The number of rotatable bonds is 11. The molecule has 0 fully saturated rings. The van der Waals surface area contributed by atoms with Crippen LogP contribution < -0.4 is 0 Å². The molecular formula is C27H28ClFN2O3. The lowest BCUT2D eigenvalue weighted by atomic mass is 10.0. The molecule has 1 aliphatic rings. The van der Waals surface area contributed by atoms with Crippen molar-refractivity contribution in [3.63, 3.8) is 0 Å². The molecule has 0 unspecified atom stereocenters. The Morgan fingerprint density at radius 3 is 2.59 bits per heavy atom. The van der Waals surface area contributed by atoms with Crippen molar-refractivity contribution in [2.45, 2.75) is 31.8 Å². The number of aliphatic hydroxyl groups excluding tert-OH is 1. The van der Waals surface area contributed by atoms with Crippen LogP contribution in [0.3, 0.4) is 0 Å². The molecule has 5 nitrogen and oxygen atoms in total. The zero-order chi connectivity index (χ0) is 23.8. The van der Waals surface area contributed by atoms with Gasteiger partial charge in [-0.3, -0.25) is 4.90 Å². The van der Waals surface area contributed by atoms with Crippen molar-refractivity contribution >= 4 is 17.3 Å². The summed E-state index contributed by atoms with van der Waals surface area (Å²) in [5.74, 6) is -0.281. The van der Waals surface area contributed by atoms with E-state index in [2.05, 4.69) is 10.1 Å². The van der Waals surface area contributed by atoms with Crippen LogP contribution in [0.15, 0.2) is 84.0 Å². The second-order valence-corrected chi connectivity index (χ2v) is 8.89. The second kappa shape index (κ2) is 12.1. The normalized spacial score (nSPS) is 16.4. The standard InChI is InChI=1S/C27H28ClFN2O3/c28-23-8-4-7-21(13-23)15-31(16-25(32)19-33-18-20-5-2-1-3-6-20)17-26-14-27(30-34-26)22-9-11-24(29)12-10-22/h1-13,25-26,32H,14-19H2/t25-,26+/m1/s1. The van der Waals surface area contributed by atoms with Crippen LogP contribution in [-0.2, 0) is 22.7 Å². The lowest BCUT2D eigenvalue weighted by molar-refractivity contribution is -0.00648. The van der Waals surface area contributed by atoms with Gasteiger partial charge in [0.2, 0.25) is 0 Å². The largest absolute Gasteiger partial charge is 0.390 e. The van der Waals surface area contributed by atoms with Crippen molar-refractivity contribution in [1.29, 1.82) is 0 Å². The van der Waals surface area contributed by atoms with Gasteiger partial charge in [-0.2, -0.15) is 0 Å². The SMILES string of the molecule is O[C@@H](COCc1ccccc1)CN(Cc1cccc(Cl)c1)C[C@@H]1CC(c2ccc(F)cc2)=NO1. The minimum atomic E-state index is -0.665. The van der Waals surface area contributed by atoms with Crippen molar-refractivity contribution in [3.05, 3.63) is 106 Å². The predicted molar refractivity (Wildman–Crippen MR) is 131 cm³/mol. The maximum Gasteiger partial charge on any atom is 0.145 e. The van der Waals surface area contributed by atoms with E-state index in [1.54, 1.807) is 12.1 Å². The van der Waals surface area contributed by atoms with Crippen LogP contribution >= 0.6 is 11.6 Å². The molecule has 0 radical (unpaired) electrons. The van der Waals surface area contributed by atoms with Gasteiger partial charge in [-0.05, 0) is 41.0 Å². The van der Waals surface area contributed by atoms with Gasteiger partial charge in [0.1, 0.15) is 11.9 Å². The first-order chi connectivity index (χ1) is 16.5. The van der Waals surface area contributed by atoms with E-state index < -0.39 is 6.10 Å². The lowest BCUT2D eigenvalue weighted by Gasteiger charge is -2.27. The van der Waals surface area contributed by atoms with Gasteiger partial charge in [-0.15, -0.1) is 0 Å². The van der Waals surface area contributed by atoms with Crippen LogP contribution in [0.4, 0.5) is 4.39 Å². The lowest BCUT2D eigenvalue weighted by Crippen LogP contribution is -2.39. The first-order valence-electron chi connectivity index (χ1n) is 11.3. The smallest absolute Gasteiger partial charge is 0.145 e. The van der Waals surface area contributed by atoms with Crippen molar-refractivity contribution in [1.82, 2.24) is 4.90 Å². The van der Waals surface area contributed by atoms with Gasteiger partial charge in [-0.1, -0.05) is 71.4 Å². The summed E-state index contributed by atoms with van der Waals surface area (Å²) in [5, 5.41) is 15.5. The Balaban J connectivity index is 1.34. The maximum absolute atomic E-state index is 13.2. The van der Waals surface area contributed by atoms with Gasteiger partial charge >= 0.3 is 0 Å². The molecular weight excluding hydrogens is 455 g/mol. The number of hydrogen-bond donors (Lipinski definition) is 1. The Hall–Kier alpha value is -2.77. The van der Waals surface area contributed by atoms with Crippen LogP contribution in [0.25, 0.3) is 0 Å². The Labute approximate surface area is 204 Å². The van der Waals surface area contributed by atoms with Crippen molar-refractivity contribution in [2.75, 3.05) is 19.7 Å². The fourth-order valence-corrected chi connectivity index (χ4v) is 4.17. The summed E-state index contributed by atoms with van der Waals surface area (Å²) in [6, 6.07) is 23.8. The van der Waals surface area contributed by atoms with Crippen molar-refractivity contribution < 1.29 is 19.1 Å². The Morgan fingerprint density at radius 2 is 1.82 bits per heavy atom. The molecule has 1 N–H and O–H groups in total. The van der Waals surface area contributed by atoms with Gasteiger partial charge in [0.15, 0.2) is 0 Å². The second-order valence-electron chi connectivity index (χ2n) is 8.45. The third-order valence-corrected chi connectivity index (χ3v) is 5.79. The van der Waals surface area contributed by atoms with E-state index in [9.17, 15) is 9.50 Å². The summed E-state index contributed by atoms with van der Waals surface area (Å²) < 4.78 is 19.0. The highest BCUT2D eigenvalue weighted by molar-refractivity contribution is 6.30. The van der Waals surface area contributed by atoms with Gasteiger partial charge in [0.05, 0.1) is 25.0 Å². The van der Waals surface area contributed by atoms with E-state index >= 15 is 0 Å². The van der Waals surface area contributed by atoms with Gasteiger partial charge < -0.3 is 14.7 Å². The summed E-state index contributed by atoms with van der Waals surface area (Å²) in [5.41, 5.74) is 3.75. The number of oxime groups is 1. The highest BCUT2D eigenvalue weighted by Gasteiger charge is 2.26. The molecule has 7 heteroatoms. The molecule has 0 saturated heterocycles. The average molecular weight is 483 g/mol. The Bertz CT molecular complexity index is 1080. The van der Waals surface area contributed by atoms with Crippen molar-refractivity contribution in [3.8, 4) is 0 Å². The van der Waals surface area contributed by atoms with Gasteiger partial charge in [0.25, 0.3) is 0 Å². The monoisotopic (exact) mass is 482 g/mol. The van der Waals surface area contributed by atoms with Crippen LogP contribution in [-0.4, -0.2) is 47.6 Å². The molecule has 3 aromatic rings. The van der Waals surface area contributed by atoms with Gasteiger partial charge in [-0.25, -0.2) is 4.39 Å². The number of hydrogen-bond acceptors (Lipinski definition) is 5. The van der Waals surface area contributed by atoms with Crippen LogP contribution in [0, 0.1) is 5.82 Å². The summed E-state index contributed by atoms with van der Waals surface area (Å²) in [7, 11) is 0.